The molecule has 3 saturated heterocycles. The third-order valence-corrected chi connectivity index (χ3v) is 11.6. The molecule has 4 aliphatic rings. The summed E-state index contributed by atoms with van der Waals surface area (Å²) in [7, 11) is 1.89. The lowest BCUT2D eigenvalue weighted by atomic mass is 9.94. The Morgan fingerprint density at radius 1 is 0.804 bits per heavy atom. The smallest absolute Gasteiger partial charge is 0.371 e. The second-order valence-electron chi connectivity index (χ2n) is 14.8. The van der Waals surface area contributed by atoms with Gasteiger partial charge < -0.3 is 14.4 Å². The van der Waals surface area contributed by atoms with E-state index in [-0.39, 0.29) is 29.7 Å². The van der Waals surface area contributed by atoms with Crippen LogP contribution in [0.2, 0.25) is 0 Å². The molecule has 3 aromatic heterocycles. The van der Waals surface area contributed by atoms with E-state index in [0.29, 0.717) is 62.3 Å². The molecule has 0 unspecified atom stereocenters. The normalized spacial score (nSPS) is 18.8. The summed E-state index contributed by atoms with van der Waals surface area (Å²) in [6.45, 7) is 4.58. The van der Waals surface area contributed by atoms with Crippen molar-refractivity contribution >= 4 is 57.1 Å². The minimum absolute atomic E-state index is 0.0129. The van der Waals surface area contributed by atoms with Crippen molar-refractivity contribution in [2.75, 3.05) is 62.2 Å². The highest BCUT2D eigenvalue weighted by Crippen LogP contribution is 2.41. The van der Waals surface area contributed by atoms with Gasteiger partial charge in [0.1, 0.15) is 5.82 Å². The van der Waals surface area contributed by atoms with E-state index in [9.17, 15) is 32.3 Å². The number of pyridine rings is 2. The fourth-order valence-corrected chi connectivity index (χ4v) is 8.67. The van der Waals surface area contributed by atoms with Gasteiger partial charge in [0.25, 0.3) is 11.8 Å². The number of carbonyl (C=O) groups excluding carboxylic acids is 4. The predicted octanol–water partition coefficient (Wildman–Crippen LogP) is 5.30. The number of hydrogen-bond acceptors (Lipinski definition) is 9. The second-order valence-corrected chi connectivity index (χ2v) is 14.8. The Bertz CT molecular complexity index is 2430. The number of fused-ring (bicyclic) bond motifs is 4. The lowest BCUT2D eigenvalue weighted by Gasteiger charge is -2.40. The molecular formula is C40H38F3N9O4. The first kappa shape index (κ1) is 35.7. The number of piperazine rings is 1. The van der Waals surface area contributed by atoms with Crippen LogP contribution in [-0.2, 0) is 18.0 Å². The van der Waals surface area contributed by atoms with Gasteiger partial charge in [-0.05, 0) is 54.7 Å². The van der Waals surface area contributed by atoms with Crippen LogP contribution in [0.3, 0.4) is 0 Å². The third-order valence-electron chi connectivity index (χ3n) is 11.6. The average Bonchev–Trinajstić information content (AvgIpc) is 3.63. The number of aryl methyl sites for hydroxylation is 1. The molecule has 4 aliphatic heterocycles. The molecule has 16 heteroatoms. The number of aromatic nitrogens is 3. The summed E-state index contributed by atoms with van der Waals surface area (Å²) in [5, 5.41) is 5.86. The summed E-state index contributed by atoms with van der Waals surface area (Å²) in [5.41, 5.74) is 2.67. The molecule has 0 bridgehead atoms. The van der Waals surface area contributed by atoms with E-state index in [1.807, 2.05) is 34.7 Å². The van der Waals surface area contributed by atoms with Gasteiger partial charge in [0.05, 0.1) is 34.4 Å². The Morgan fingerprint density at radius 2 is 1.59 bits per heavy atom. The van der Waals surface area contributed by atoms with E-state index < -0.39 is 35.5 Å². The van der Waals surface area contributed by atoms with Crippen molar-refractivity contribution in [2.45, 2.75) is 25.4 Å². The third kappa shape index (κ3) is 6.08. The summed E-state index contributed by atoms with van der Waals surface area (Å²) < 4.78 is 45.7. The average molecular weight is 766 g/mol. The van der Waals surface area contributed by atoms with Crippen molar-refractivity contribution in [3.8, 4) is 11.1 Å². The number of carbonyl (C=O) groups is 4. The largest absolute Gasteiger partial charge is 0.417 e. The zero-order valence-electron chi connectivity index (χ0n) is 30.6. The highest BCUT2D eigenvalue weighted by atomic mass is 19.4. The first-order valence-corrected chi connectivity index (χ1v) is 18.7. The molecule has 288 valence electrons. The van der Waals surface area contributed by atoms with Crippen LogP contribution >= 0.6 is 0 Å². The summed E-state index contributed by atoms with van der Waals surface area (Å²) in [6.07, 6.45) is 1.93. The molecule has 0 aliphatic carbocycles. The summed E-state index contributed by atoms with van der Waals surface area (Å²) >= 11 is 0. The number of nitrogens with one attached hydrogen (secondary N) is 1. The van der Waals surface area contributed by atoms with Gasteiger partial charge in [-0.2, -0.15) is 18.2 Å². The van der Waals surface area contributed by atoms with Gasteiger partial charge >= 0.3 is 12.2 Å². The summed E-state index contributed by atoms with van der Waals surface area (Å²) in [4.78, 5) is 66.1. The Morgan fingerprint density at radius 3 is 2.34 bits per heavy atom. The molecule has 0 atom stereocenters. The predicted molar refractivity (Wildman–Crippen MR) is 202 cm³/mol. The molecule has 56 heavy (non-hydrogen) atoms. The van der Waals surface area contributed by atoms with Gasteiger partial charge in [0, 0.05) is 99.7 Å². The SMILES string of the molecule is Cn1c2ccncc2c2ccc(-c3cnc(N4CCN(CC5CCN(c6cccc7c6C(=O)N(N6CCC(=O)NC6=O)C7=O)CC5)CC4)cc3C(F)(F)F)cc21. The minimum Gasteiger partial charge on any atom is -0.371 e. The Hall–Kier alpha value is -6.03. The van der Waals surface area contributed by atoms with Crippen LogP contribution in [0.25, 0.3) is 32.9 Å². The van der Waals surface area contributed by atoms with Crippen molar-refractivity contribution < 1.29 is 32.3 Å². The van der Waals surface area contributed by atoms with Gasteiger partial charge in [-0.15, -0.1) is 0 Å². The number of alkyl halides is 3. The van der Waals surface area contributed by atoms with Gasteiger partial charge in [0.15, 0.2) is 0 Å². The standard InChI is InChI=1S/C40H38F3N9O4/c1-47-31-7-11-44-21-29(31)26-6-5-25(19-33(26)47)28-22-45-34(20-30(28)40(41,42)43)50-17-15-48(16-18-50)23-24-8-12-49(13-9-24)32-4-2-3-27-36(32)38(55)52(37(27)54)51-14-10-35(53)46-39(51)56/h2-7,11,19-22,24H,8-10,12-18,23H2,1H3,(H,46,53,56). The number of rotatable bonds is 6. The zero-order chi connectivity index (χ0) is 38.9. The van der Waals surface area contributed by atoms with E-state index in [2.05, 4.69) is 25.1 Å². The number of imide groups is 2. The van der Waals surface area contributed by atoms with Crippen molar-refractivity contribution in [2.24, 2.45) is 13.0 Å². The van der Waals surface area contributed by atoms with Crippen molar-refractivity contribution in [3.63, 3.8) is 0 Å². The van der Waals surface area contributed by atoms with E-state index in [0.717, 1.165) is 51.2 Å². The lowest BCUT2D eigenvalue weighted by Crippen LogP contribution is -2.58. The number of urea groups is 1. The van der Waals surface area contributed by atoms with Crippen molar-refractivity contribution in [1.82, 2.24) is 34.8 Å². The van der Waals surface area contributed by atoms with Gasteiger partial charge in [-0.1, -0.05) is 18.2 Å². The highest BCUT2D eigenvalue weighted by molar-refractivity contribution is 6.24. The number of hydrazine groups is 1. The number of anilines is 2. The van der Waals surface area contributed by atoms with Crippen LogP contribution in [-0.4, -0.2) is 106 Å². The maximum atomic E-state index is 14.6. The van der Waals surface area contributed by atoms with Crippen molar-refractivity contribution in [1.29, 1.82) is 0 Å². The van der Waals surface area contributed by atoms with E-state index in [1.165, 1.54) is 12.3 Å². The van der Waals surface area contributed by atoms with Crippen LogP contribution in [0.15, 0.2) is 67.1 Å². The minimum atomic E-state index is -4.57. The zero-order valence-corrected chi connectivity index (χ0v) is 30.6. The molecular weight excluding hydrogens is 727 g/mol. The fourth-order valence-electron chi connectivity index (χ4n) is 8.67. The van der Waals surface area contributed by atoms with E-state index >= 15 is 0 Å². The van der Waals surface area contributed by atoms with Gasteiger partial charge in [-0.3, -0.25) is 29.6 Å². The Kier molecular flexibility index (Phi) is 8.67. The summed E-state index contributed by atoms with van der Waals surface area (Å²) in [6, 6.07) is 12.7. The molecule has 9 rings (SSSR count). The number of nitrogens with zero attached hydrogens (tertiary/aromatic N) is 8. The van der Waals surface area contributed by atoms with Crippen LogP contribution < -0.4 is 15.1 Å². The highest BCUT2D eigenvalue weighted by Gasteiger charge is 2.45. The van der Waals surface area contributed by atoms with Crippen LogP contribution in [0.4, 0.5) is 29.5 Å². The number of piperidine rings is 1. The topological polar surface area (TPSA) is 127 Å². The number of benzene rings is 2. The Labute approximate surface area is 319 Å². The monoisotopic (exact) mass is 765 g/mol. The van der Waals surface area contributed by atoms with Crippen LogP contribution in [0.5, 0.6) is 0 Å². The maximum Gasteiger partial charge on any atom is 0.417 e. The van der Waals surface area contributed by atoms with Gasteiger partial charge in [-0.25, -0.2) is 14.8 Å². The summed E-state index contributed by atoms with van der Waals surface area (Å²) in [5.74, 6) is -0.953. The van der Waals surface area contributed by atoms with Crippen LogP contribution in [0, 0.1) is 5.92 Å². The first-order valence-electron chi connectivity index (χ1n) is 18.7. The molecule has 7 heterocycles. The number of hydrogen-bond donors (Lipinski definition) is 1. The molecule has 5 aromatic rings. The van der Waals surface area contributed by atoms with E-state index in [1.54, 1.807) is 36.7 Å². The number of halogens is 3. The molecule has 0 saturated carbocycles. The van der Waals surface area contributed by atoms with Gasteiger partial charge in [0.2, 0.25) is 5.91 Å². The molecule has 1 N–H and O–H groups in total. The molecule has 13 nitrogen and oxygen atoms in total. The quantitative estimate of drug-likeness (QED) is 0.229. The number of amides is 5. The van der Waals surface area contributed by atoms with E-state index in [4.69, 9.17) is 0 Å². The fraction of sp³-hybridized carbons (Fsp3) is 0.350. The molecule has 0 radical (unpaired) electrons. The van der Waals surface area contributed by atoms with Crippen LogP contribution in [0.1, 0.15) is 45.5 Å². The molecule has 5 amide bonds. The molecule has 2 aromatic carbocycles. The Balaban J connectivity index is 0.835. The second kappa shape index (κ2) is 13.6. The molecule has 3 fully saturated rings. The lowest BCUT2D eigenvalue weighted by molar-refractivity contribution is -0.137. The van der Waals surface area contributed by atoms with Crippen molar-refractivity contribution in [3.05, 3.63) is 83.8 Å². The molecule has 0 spiro atoms. The first-order chi connectivity index (χ1) is 27.0. The maximum absolute atomic E-state index is 14.6.